The summed E-state index contributed by atoms with van der Waals surface area (Å²) in [5.74, 6) is 1.45. The molecule has 0 aliphatic heterocycles. The van der Waals surface area contributed by atoms with Gasteiger partial charge in [-0.1, -0.05) is 12.8 Å². The van der Waals surface area contributed by atoms with Crippen molar-refractivity contribution < 1.29 is 9.47 Å². The van der Waals surface area contributed by atoms with Crippen LogP contribution in [0.3, 0.4) is 0 Å². The maximum Gasteiger partial charge on any atom is 0.213 e. The van der Waals surface area contributed by atoms with Gasteiger partial charge in [-0.2, -0.15) is 0 Å². The van der Waals surface area contributed by atoms with Gasteiger partial charge < -0.3 is 14.8 Å². The number of nitrogens with zero attached hydrogens (tertiary/aromatic N) is 1. The van der Waals surface area contributed by atoms with Crippen molar-refractivity contribution in [3.63, 3.8) is 0 Å². The summed E-state index contributed by atoms with van der Waals surface area (Å²) in [7, 11) is 1.66. The van der Waals surface area contributed by atoms with Crippen LogP contribution in [0.2, 0.25) is 0 Å². The molecule has 0 amide bonds. The average molecular weight is 264 g/mol. The van der Waals surface area contributed by atoms with E-state index >= 15 is 0 Å². The fourth-order valence-corrected chi connectivity index (χ4v) is 2.62. The van der Waals surface area contributed by atoms with E-state index in [1.165, 1.54) is 25.7 Å². The summed E-state index contributed by atoms with van der Waals surface area (Å²) in [6, 6.07) is 4.45. The van der Waals surface area contributed by atoms with Crippen LogP contribution in [-0.4, -0.2) is 31.3 Å². The Morgan fingerprint density at radius 3 is 2.74 bits per heavy atom. The number of nitrogens with one attached hydrogen (secondary N) is 1. The maximum atomic E-state index is 5.44. The van der Waals surface area contributed by atoms with Gasteiger partial charge in [0.1, 0.15) is 6.61 Å². The summed E-state index contributed by atoms with van der Waals surface area (Å²) in [6.45, 7) is 3.38. The van der Waals surface area contributed by atoms with Crippen LogP contribution in [-0.2, 0) is 4.74 Å². The minimum absolute atomic E-state index is 0.518. The van der Waals surface area contributed by atoms with Crippen molar-refractivity contribution in [2.75, 3.05) is 25.6 Å². The van der Waals surface area contributed by atoms with Gasteiger partial charge in [0, 0.05) is 19.2 Å². The lowest BCUT2D eigenvalue weighted by Crippen LogP contribution is -2.23. The SMILES string of the molecule is COCCOc1ccc(NC(C)C2CCCC2)cn1. The maximum absolute atomic E-state index is 5.44. The van der Waals surface area contributed by atoms with Crippen LogP contribution < -0.4 is 10.1 Å². The van der Waals surface area contributed by atoms with Crippen molar-refractivity contribution in [3.05, 3.63) is 18.3 Å². The van der Waals surface area contributed by atoms with Crippen LogP contribution in [0.25, 0.3) is 0 Å². The number of anilines is 1. The number of aromatic nitrogens is 1. The molecule has 1 heterocycles. The first-order valence-electron chi connectivity index (χ1n) is 7.14. The molecule has 1 saturated carbocycles. The monoisotopic (exact) mass is 264 g/mol. The normalized spacial score (nSPS) is 17.4. The highest BCUT2D eigenvalue weighted by Gasteiger charge is 2.21. The molecule has 0 saturated heterocycles. The average Bonchev–Trinajstić information content (AvgIpc) is 2.95. The van der Waals surface area contributed by atoms with Gasteiger partial charge in [-0.05, 0) is 31.7 Å². The minimum Gasteiger partial charge on any atom is -0.475 e. The molecule has 1 atom stereocenters. The van der Waals surface area contributed by atoms with Crippen molar-refractivity contribution in [2.45, 2.75) is 38.6 Å². The zero-order valence-electron chi connectivity index (χ0n) is 11.9. The Labute approximate surface area is 115 Å². The van der Waals surface area contributed by atoms with Crippen molar-refractivity contribution in [1.82, 2.24) is 4.98 Å². The molecule has 1 aromatic heterocycles. The molecule has 2 rings (SSSR count). The van der Waals surface area contributed by atoms with Gasteiger partial charge in [0.25, 0.3) is 0 Å². The molecule has 1 aliphatic carbocycles. The van der Waals surface area contributed by atoms with E-state index in [2.05, 4.69) is 17.2 Å². The van der Waals surface area contributed by atoms with E-state index in [1.807, 2.05) is 18.3 Å². The zero-order chi connectivity index (χ0) is 13.5. The number of hydrogen-bond donors (Lipinski definition) is 1. The topological polar surface area (TPSA) is 43.4 Å². The molecule has 4 nitrogen and oxygen atoms in total. The fraction of sp³-hybridized carbons (Fsp3) is 0.667. The number of rotatable bonds is 7. The fourth-order valence-electron chi connectivity index (χ4n) is 2.62. The van der Waals surface area contributed by atoms with E-state index in [-0.39, 0.29) is 0 Å². The molecule has 106 valence electrons. The van der Waals surface area contributed by atoms with Gasteiger partial charge in [0.05, 0.1) is 18.5 Å². The summed E-state index contributed by atoms with van der Waals surface area (Å²) in [6.07, 6.45) is 7.29. The minimum atomic E-state index is 0.518. The van der Waals surface area contributed by atoms with E-state index in [0.29, 0.717) is 25.1 Å². The molecule has 1 aromatic rings. The zero-order valence-corrected chi connectivity index (χ0v) is 11.9. The highest BCUT2D eigenvalue weighted by atomic mass is 16.5. The van der Waals surface area contributed by atoms with Gasteiger partial charge in [0.15, 0.2) is 0 Å². The molecule has 0 radical (unpaired) electrons. The van der Waals surface area contributed by atoms with Crippen molar-refractivity contribution in [3.8, 4) is 5.88 Å². The van der Waals surface area contributed by atoms with E-state index in [9.17, 15) is 0 Å². The van der Waals surface area contributed by atoms with Crippen LogP contribution in [0.4, 0.5) is 5.69 Å². The molecule has 1 fully saturated rings. The Morgan fingerprint density at radius 1 is 1.32 bits per heavy atom. The summed E-state index contributed by atoms with van der Waals surface area (Å²) in [4.78, 5) is 4.29. The van der Waals surface area contributed by atoms with E-state index in [0.717, 1.165) is 11.6 Å². The lowest BCUT2D eigenvalue weighted by atomic mass is 10.00. The third-order valence-corrected chi connectivity index (χ3v) is 3.78. The number of pyridine rings is 1. The Balaban J connectivity index is 1.80. The van der Waals surface area contributed by atoms with Crippen molar-refractivity contribution in [2.24, 2.45) is 5.92 Å². The molecule has 19 heavy (non-hydrogen) atoms. The van der Waals surface area contributed by atoms with E-state index < -0.39 is 0 Å². The second kappa shape index (κ2) is 7.34. The van der Waals surface area contributed by atoms with Gasteiger partial charge >= 0.3 is 0 Å². The first kappa shape index (κ1) is 14.1. The highest BCUT2D eigenvalue weighted by molar-refractivity contribution is 5.43. The van der Waals surface area contributed by atoms with Crippen LogP contribution in [0.15, 0.2) is 18.3 Å². The Hall–Kier alpha value is -1.29. The smallest absolute Gasteiger partial charge is 0.213 e. The number of ether oxygens (including phenoxy) is 2. The molecule has 4 heteroatoms. The van der Waals surface area contributed by atoms with Crippen molar-refractivity contribution >= 4 is 5.69 Å². The van der Waals surface area contributed by atoms with Gasteiger partial charge in [-0.15, -0.1) is 0 Å². The highest BCUT2D eigenvalue weighted by Crippen LogP contribution is 2.29. The number of methoxy groups -OCH3 is 1. The molecular formula is C15H24N2O2. The summed E-state index contributed by atoms with van der Waals surface area (Å²) < 4.78 is 10.4. The van der Waals surface area contributed by atoms with E-state index in [4.69, 9.17) is 9.47 Å². The predicted octanol–water partition coefficient (Wildman–Crippen LogP) is 3.10. The predicted molar refractivity (Wildman–Crippen MR) is 76.7 cm³/mol. The molecule has 0 spiro atoms. The number of hydrogen-bond acceptors (Lipinski definition) is 4. The Morgan fingerprint density at radius 2 is 2.11 bits per heavy atom. The summed E-state index contributed by atoms with van der Waals surface area (Å²) in [5.41, 5.74) is 1.07. The van der Waals surface area contributed by atoms with Crippen LogP contribution in [0.1, 0.15) is 32.6 Å². The largest absolute Gasteiger partial charge is 0.475 e. The lowest BCUT2D eigenvalue weighted by molar-refractivity contribution is 0.144. The second-order valence-corrected chi connectivity index (χ2v) is 5.20. The standard InChI is InChI=1S/C15H24N2O2/c1-12(13-5-3-4-6-13)17-14-7-8-15(16-11-14)19-10-9-18-2/h7-8,11-13,17H,3-6,9-10H2,1-2H3. The van der Waals surface area contributed by atoms with Crippen LogP contribution in [0, 0.1) is 5.92 Å². The quantitative estimate of drug-likeness (QED) is 0.769. The molecule has 1 unspecified atom stereocenters. The van der Waals surface area contributed by atoms with Crippen LogP contribution in [0.5, 0.6) is 5.88 Å². The molecule has 1 N–H and O–H groups in total. The van der Waals surface area contributed by atoms with E-state index in [1.54, 1.807) is 7.11 Å². The first-order chi connectivity index (χ1) is 9.29. The third kappa shape index (κ3) is 4.39. The Kier molecular flexibility index (Phi) is 5.45. The lowest BCUT2D eigenvalue weighted by Gasteiger charge is -2.21. The third-order valence-electron chi connectivity index (χ3n) is 3.78. The Bertz CT molecular complexity index is 361. The van der Waals surface area contributed by atoms with Gasteiger partial charge in [0.2, 0.25) is 5.88 Å². The summed E-state index contributed by atoms with van der Waals surface area (Å²) >= 11 is 0. The summed E-state index contributed by atoms with van der Waals surface area (Å²) in [5, 5.41) is 3.54. The molecular weight excluding hydrogens is 240 g/mol. The van der Waals surface area contributed by atoms with Gasteiger partial charge in [-0.25, -0.2) is 4.98 Å². The first-order valence-corrected chi connectivity index (χ1v) is 7.14. The molecule has 1 aliphatic rings. The van der Waals surface area contributed by atoms with Crippen LogP contribution >= 0.6 is 0 Å². The molecule has 0 aromatic carbocycles. The van der Waals surface area contributed by atoms with Gasteiger partial charge in [-0.3, -0.25) is 0 Å². The van der Waals surface area contributed by atoms with Crippen molar-refractivity contribution in [1.29, 1.82) is 0 Å². The molecule has 0 bridgehead atoms. The second-order valence-electron chi connectivity index (χ2n) is 5.20.